The van der Waals surface area contributed by atoms with Gasteiger partial charge in [-0.05, 0) is 20.8 Å². The van der Waals surface area contributed by atoms with Gasteiger partial charge in [0.2, 0.25) is 0 Å². The van der Waals surface area contributed by atoms with Crippen LogP contribution >= 0.6 is 0 Å². The molecule has 0 unspecified atom stereocenters. The molecule has 0 aromatic carbocycles. The molecule has 0 saturated carbocycles. The molecule has 0 spiro atoms. The molecule has 4 N–H and O–H groups in total. The molecule has 1 rings (SSSR count). The lowest BCUT2D eigenvalue weighted by molar-refractivity contribution is 0.215. The Balaban J connectivity index is 3.14. The van der Waals surface area contributed by atoms with E-state index in [0.717, 1.165) is 11.4 Å². The fraction of sp³-hybridized carbons (Fsp3) is 0.600. The van der Waals surface area contributed by atoms with Gasteiger partial charge in [0, 0.05) is 12.6 Å². The highest BCUT2D eigenvalue weighted by atomic mass is 16.3. The zero-order valence-electron chi connectivity index (χ0n) is 10.2. The number of anilines is 2. The minimum absolute atomic E-state index is 0.0400. The molecule has 16 heavy (non-hydrogen) atoms. The number of nitrogens with one attached hydrogen (secondary N) is 1. The minimum Gasteiger partial charge on any atom is -0.394 e. The first-order chi connectivity index (χ1) is 7.44. The number of likely N-dealkylation sites (N-methyl/N-ethyl adjacent to an activating group) is 1. The van der Waals surface area contributed by atoms with Gasteiger partial charge in [-0.15, -0.1) is 0 Å². The van der Waals surface area contributed by atoms with E-state index >= 15 is 0 Å². The van der Waals surface area contributed by atoms with Crippen LogP contribution in [0.25, 0.3) is 0 Å². The van der Waals surface area contributed by atoms with Crippen LogP contribution in [0.5, 0.6) is 0 Å². The Labute approximate surface area is 95.5 Å². The van der Waals surface area contributed by atoms with Crippen molar-refractivity contribution in [3.8, 4) is 0 Å². The highest BCUT2D eigenvalue weighted by molar-refractivity contribution is 5.58. The lowest BCUT2D eigenvalue weighted by Crippen LogP contribution is -2.45. The summed E-state index contributed by atoms with van der Waals surface area (Å²) >= 11 is 0. The van der Waals surface area contributed by atoms with E-state index in [1.165, 1.54) is 6.33 Å². The molecule has 0 bridgehead atoms. The first-order valence-electron chi connectivity index (χ1n) is 5.07. The molecule has 6 nitrogen and oxygen atoms in total. The third kappa shape index (κ3) is 2.23. The summed E-state index contributed by atoms with van der Waals surface area (Å²) in [5.41, 5.74) is 2.99. The third-order valence-corrected chi connectivity index (χ3v) is 2.81. The average molecular weight is 225 g/mol. The number of aliphatic hydroxyl groups is 1. The van der Waals surface area contributed by atoms with Crippen LogP contribution in [0, 0.1) is 6.92 Å². The first kappa shape index (κ1) is 12.7. The number of nitrogens with zero attached hydrogens (tertiary/aromatic N) is 3. The molecule has 1 aromatic rings. The molecule has 0 aliphatic carbocycles. The van der Waals surface area contributed by atoms with Crippen molar-refractivity contribution in [2.75, 3.05) is 24.0 Å². The fourth-order valence-corrected chi connectivity index (χ4v) is 1.32. The number of aliphatic hydroxyl groups excluding tert-OH is 1. The van der Waals surface area contributed by atoms with Crippen LogP contribution in [0.15, 0.2) is 6.33 Å². The number of hydrazine groups is 1. The van der Waals surface area contributed by atoms with E-state index in [1.807, 2.05) is 32.7 Å². The Hall–Kier alpha value is -1.40. The van der Waals surface area contributed by atoms with Crippen molar-refractivity contribution in [3.63, 3.8) is 0 Å². The van der Waals surface area contributed by atoms with Crippen LogP contribution in [-0.2, 0) is 0 Å². The zero-order chi connectivity index (χ0) is 12.3. The number of nitrogen functional groups attached to an aromatic ring is 1. The molecule has 1 aromatic heterocycles. The molecule has 0 radical (unpaired) electrons. The maximum absolute atomic E-state index is 9.32. The number of hydrogen-bond donors (Lipinski definition) is 3. The summed E-state index contributed by atoms with van der Waals surface area (Å²) in [5, 5.41) is 9.32. The van der Waals surface area contributed by atoms with Gasteiger partial charge in [-0.25, -0.2) is 15.8 Å². The Morgan fingerprint density at radius 2 is 2.12 bits per heavy atom. The van der Waals surface area contributed by atoms with Crippen molar-refractivity contribution in [1.82, 2.24) is 9.97 Å². The third-order valence-electron chi connectivity index (χ3n) is 2.81. The van der Waals surface area contributed by atoms with E-state index in [1.54, 1.807) is 0 Å². The molecule has 0 aliphatic rings. The van der Waals surface area contributed by atoms with Crippen molar-refractivity contribution in [3.05, 3.63) is 11.9 Å². The quantitative estimate of drug-likeness (QED) is 0.504. The van der Waals surface area contributed by atoms with Gasteiger partial charge in [-0.2, -0.15) is 0 Å². The Morgan fingerprint density at radius 1 is 1.50 bits per heavy atom. The Bertz CT molecular complexity index is 366. The molecular weight excluding hydrogens is 206 g/mol. The van der Waals surface area contributed by atoms with Gasteiger partial charge in [-0.3, -0.25) is 0 Å². The van der Waals surface area contributed by atoms with Gasteiger partial charge < -0.3 is 15.4 Å². The molecule has 0 amide bonds. The van der Waals surface area contributed by atoms with Crippen LogP contribution in [0.4, 0.5) is 11.6 Å². The van der Waals surface area contributed by atoms with Crippen molar-refractivity contribution >= 4 is 11.6 Å². The first-order valence-corrected chi connectivity index (χ1v) is 5.07. The number of aromatic nitrogens is 2. The lowest BCUT2D eigenvalue weighted by atomic mass is 10.0. The Kier molecular flexibility index (Phi) is 3.66. The summed E-state index contributed by atoms with van der Waals surface area (Å²) in [5.74, 6) is 6.69. The summed E-state index contributed by atoms with van der Waals surface area (Å²) in [6.45, 7) is 5.79. The van der Waals surface area contributed by atoms with E-state index in [0.29, 0.717) is 5.82 Å². The van der Waals surface area contributed by atoms with E-state index in [2.05, 4.69) is 15.4 Å². The minimum atomic E-state index is -0.384. The highest BCUT2D eigenvalue weighted by Crippen LogP contribution is 2.25. The summed E-state index contributed by atoms with van der Waals surface area (Å²) in [6, 6.07) is 0. The zero-order valence-corrected chi connectivity index (χ0v) is 10.2. The smallest absolute Gasteiger partial charge is 0.148 e. The number of rotatable bonds is 4. The van der Waals surface area contributed by atoms with Crippen LogP contribution in [0.3, 0.4) is 0 Å². The topological polar surface area (TPSA) is 87.3 Å². The van der Waals surface area contributed by atoms with Gasteiger partial charge in [0.05, 0.1) is 12.1 Å². The molecule has 6 heteroatoms. The summed E-state index contributed by atoms with van der Waals surface area (Å²) in [6.07, 6.45) is 1.45. The second-order valence-corrected chi connectivity index (χ2v) is 4.34. The molecule has 0 fully saturated rings. The second-order valence-electron chi connectivity index (χ2n) is 4.34. The summed E-state index contributed by atoms with van der Waals surface area (Å²) < 4.78 is 0. The molecule has 90 valence electrons. The van der Waals surface area contributed by atoms with Gasteiger partial charge in [0.25, 0.3) is 0 Å². The molecule has 0 aliphatic heterocycles. The van der Waals surface area contributed by atoms with Crippen molar-refractivity contribution in [2.45, 2.75) is 26.3 Å². The van der Waals surface area contributed by atoms with Gasteiger partial charge in [0.1, 0.15) is 18.0 Å². The van der Waals surface area contributed by atoms with Crippen LogP contribution in [0.1, 0.15) is 19.4 Å². The van der Waals surface area contributed by atoms with Crippen molar-refractivity contribution < 1.29 is 5.11 Å². The number of hydrogen-bond acceptors (Lipinski definition) is 6. The predicted molar refractivity (Wildman–Crippen MR) is 64.1 cm³/mol. The van der Waals surface area contributed by atoms with E-state index in [9.17, 15) is 5.11 Å². The Morgan fingerprint density at radius 3 is 2.62 bits per heavy atom. The SMILES string of the molecule is Cc1c(NN)ncnc1N(C)C(C)(C)CO. The highest BCUT2D eigenvalue weighted by Gasteiger charge is 2.25. The fourth-order valence-electron chi connectivity index (χ4n) is 1.32. The largest absolute Gasteiger partial charge is 0.394 e. The number of nitrogens with two attached hydrogens (primary N) is 1. The van der Waals surface area contributed by atoms with Gasteiger partial charge in [-0.1, -0.05) is 0 Å². The molecule has 0 atom stereocenters. The monoisotopic (exact) mass is 225 g/mol. The summed E-state index contributed by atoms with van der Waals surface area (Å²) in [4.78, 5) is 10.1. The predicted octanol–water partition coefficient (Wildman–Crippen LogP) is 0.278. The second kappa shape index (κ2) is 4.63. The average Bonchev–Trinajstić information content (AvgIpc) is 2.28. The maximum atomic E-state index is 9.32. The van der Waals surface area contributed by atoms with E-state index in [4.69, 9.17) is 5.84 Å². The van der Waals surface area contributed by atoms with Crippen molar-refractivity contribution in [1.29, 1.82) is 0 Å². The normalized spacial score (nSPS) is 11.4. The molecule has 0 saturated heterocycles. The van der Waals surface area contributed by atoms with Gasteiger partial charge >= 0.3 is 0 Å². The maximum Gasteiger partial charge on any atom is 0.148 e. The van der Waals surface area contributed by atoms with Crippen LogP contribution < -0.4 is 16.2 Å². The lowest BCUT2D eigenvalue weighted by Gasteiger charge is -2.35. The molecular formula is C10H19N5O. The van der Waals surface area contributed by atoms with E-state index in [-0.39, 0.29) is 12.1 Å². The van der Waals surface area contributed by atoms with Gasteiger partial charge in [0.15, 0.2) is 0 Å². The van der Waals surface area contributed by atoms with Crippen LogP contribution in [-0.4, -0.2) is 34.3 Å². The van der Waals surface area contributed by atoms with Crippen molar-refractivity contribution in [2.24, 2.45) is 5.84 Å². The molecule has 1 heterocycles. The van der Waals surface area contributed by atoms with Crippen LogP contribution in [0.2, 0.25) is 0 Å². The standard InChI is InChI=1S/C10H19N5O/c1-7-8(14-11)12-6-13-9(7)15(4)10(2,3)5-16/h6,16H,5,11H2,1-4H3,(H,12,13,14). The van der Waals surface area contributed by atoms with E-state index < -0.39 is 0 Å². The summed E-state index contributed by atoms with van der Waals surface area (Å²) in [7, 11) is 1.88.